The van der Waals surface area contributed by atoms with Gasteiger partial charge in [-0.05, 0) is 29.7 Å². The Morgan fingerprint density at radius 1 is 1.05 bits per heavy atom. The molecule has 0 aliphatic rings. The fraction of sp³-hybridized carbons (Fsp3) is 0.133. The van der Waals surface area contributed by atoms with Gasteiger partial charge in [-0.3, -0.25) is 0 Å². The molecule has 19 heavy (non-hydrogen) atoms. The highest BCUT2D eigenvalue weighted by Gasteiger charge is 1.99. The molecule has 0 saturated heterocycles. The van der Waals surface area contributed by atoms with Gasteiger partial charge in [0.25, 0.3) is 0 Å². The molecule has 0 fully saturated rings. The summed E-state index contributed by atoms with van der Waals surface area (Å²) in [5.41, 5.74) is 9.08. The number of para-hydroxylation sites is 1. The van der Waals surface area contributed by atoms with Gasteiger partial charge in [0.1, 0.15) is 0 Å². The van der Waals surface area contributed by atoms with Crippen LogP contribution in [-0.2, 0) is 6.42 Å². The van der Waals surface area contributed by atoms with Crippen molar-refractivity contribution in [3.63, 3.8) is 0 Å². The van der Waals surface area contributed by atoms with Gasteiger partial charge in [-0.15, -0.1) is 11.8 Å². The number of anilines is 1. The Morgan fingerprint density at radius 2 is 1.79 bits per heavy atom. The molecule has 0 bridgehead atoms. The molecule has 4 heteroatoms. The lowest BCUT2D eigenvalue weighted by Crippen LogP contribution is -1.92. The van der Waals surface area contributed by atoms with Crippen molar-refractivity contribution in [3.8, 4) is 0 Å². The number of rotatable bonds is 5. The molecule has 3 nitrogen and oxygen atoms in total. The molecular weight excluding hydrogens is 254 g/mol. The monoisotopic (exact) mass is 271 g/mol. The Bertz CT molecular complexity index is 550. The van der Waals surface area contributed by atoms with Crippen LogP contribution in [0.15, 0.2) is 58.5 Å². The molecule has 0 radical (unpaired) electrons. The predicted octanol–water partition coefficient (Wildman–Crippen LogP) is 2.90. The van der Waals surface area contributed by atoms with E-state index in [-0.39, 0.29) is 0 Å². The van der Waals surface area contributed by atoms with Gasteiger partial charge in [0.15, 0.2) is 0 Å². The lowest BCUT2D eigenvalue weighted by atomic mass is 10.1. The Kier molecular flexibility index (Phi) is 4.86. The van der Waals surface area contributed by atoms with Crippen LogP contribution in [0.1, 0.15) is 11.1 Å². The molecule has 4 N–H and O–H groups in total. The van der Waals surface area contributed by atoms with Gasteiger partial charge < -0.3 is 11.6 Å². The van der Waals surface area contributed by atoms with E-state index in [1.54, 1.807) is 18.0 Å². The number of hydrogen-bond acceptors (Lipinski definition) is 4. The molecule has 0 heterocycles. The van der Waals surface area contributed by atoms with Crippen molar-refractivity contribution in [3.05, 3.63) is 59.7 Å². The summed E-state index contributed by atoms with van der Waals surface area (Å²) in [6, 6.07) is 16.2. The fourth-order valence-corrected chi connectivity index (χ4v) is 2.71. The molecule has 0 aliphatic heterocycles. The van der Waals surface area contributed by atoms with Crippen LogP contribution in [0.5, 0.6) is 0 Å². The molecule has 2 aromatic carbocycles. The van der Waals surface area contributed by atoms with Crippen LogP contribution in [0.4, 0.5) is 5.69 Å². The van der Waals surface area contributed by atoms with E-state index in [9.17, 15) is 0 Å². The second-order valence-electron chi connectivity index (χ2n) is 4.16. The van der Waals surface area contributed by atoms with Gasteiger partial charge in [0, 0.05) is 16.3 Å². The molecule has 2 rings (SSSR count). The van der Waals surface area contributed by atoms with E-state index in [1.165, 1.54) is 5.56 Å². The minimum atomic E-state index is 0.849. The fourth-order valence-electron chi connectivity index (χ4n) is 1.75. The van der Waals surface area contributed by atoms with E-state index >= 15 is 0 Å². The van der Waals surface area contributed by atoms with E-state index in [0.29, 0.717) is 0 Å². The van der Waals surface area contributed by atoms with Crippen LogP contribution in [0.25, 0.3) is 0 Å². The number of hydrazone groups is 1. The summed E-state index contributed by atoms with van der Waals surface area (Å²) in [7, 11) is 0. The van der Waals surface area contributed by atoms with Crippen LogP contribution in [0, 0.1) is 0 Å². The van der Waals surface area contributed by atoms with Gasteiger partial charge in [-0.1, -0.05) is 36.4 Å². The summed E-state index contributed by atoms with van der Waals surface area (Å²) in [6.07, 6.45) is 2.66. The van der Waals surface area contributed by atoms with Crippen molar-refractivity contribution in [1.82, 2.24) is 0 Å². The molecule has 2 aromatic rings. The van der Waals surface area contributed by atoms with Crippen molar-refractivity contribution in [2.45, 2.75) is 11.3 Å². The smallest absolute Gasteiger partial charge is 0.0538 e. The van der Waals surface area contributed by atoms with Crippen LogP contribution in [0.3, 0.4) is 0 Å². The summed E-state index contributed by atoms with van der Waals surface area (Å²) in [5.74, 6) is 6.12. The Labute approximate surface area is 117 Å². The lowest BCUT2D eigenvalue weighted by Gasteiger charge is -2.05. The Balaban J connectivity index is 1.87. The van der Waals surface area contributed by atoms with Crippen LogP contribution in [-0.4, -0.2) is 12.0 Å². The number of thioether (sulfide) groups is 1. The minimum Gasteiger partial charge on any atom is -0.398 e. The first kappa shape index (κ1) is 13.5. The first-order chi connectivity index (χ1) is 9.29. The van der Waals surface area contributed by atoms with Crippen molar-refractivity contribution in [2.75, 3.05) is 11.5 Å². The number of hydrogen-bond donors (Lipinski definition) is 2. The number of benzene rings is 2. The van der Waals surface area contributed by atoms with Crippen molar-refractivity contribution in [2.24, 2.45) is 10.9 Å². The zero-order valence-corrected chi connectivity index (χ0v) is 11.4. The predicted molar refractivity (Wildman–Crippen MR) is 83.5 cm³/mol. The van der Waals surface area contributed by atoms with Gasteiger partial charge >= 0.3 is 0 Å². The molecule has 0 unspecified atom stereocenters. The number of nitrogens with zero attached hydrogens (tertiary/aromatic N) is 1. The van der Waals surface area contributed by atoms with E-state index in [0.717, 1.165) is 28.3 Å². The van der Waals surface area contributed by atoms with E-state index < -0.39 is 0 Å². The van der Waals surface area contributed by atoms with Gasteiger partial charge in [0.05, 0.1) is 6.21 Å². The van der Waals surface area contributed by atoms with Crippen LogP contribution < -0.4 is 11.6 Å². The number of nitrogens with two attached hydrogens (primary N) is 2. The first-order valence-corrected chi connectivity index (χ1v) is 7.07. The van der Waals surface area contributed by atoms with Crippen LogP contribution in [0.2, 0.25) is 0 Å². The average Bonchev–Trinajstić information content (AvgIpc) is 2.43. The quantitative estimate of drug-likeness (QED) is 0.289. The lowest BCUT2D eigenvalue weighted by molar-refractivity contribution is 1.15. The summed E-state index contributed by atoms with van der Waals surface area (Å²) in [6.45, 7) is 0. The third-order valence-electron chi connectivity index (χ3n) is 2.77. The second kappa shape index (κ2) is 6.85. The molecular formula is C15H17N3S. The van der Waals surface area contributed by atoms with E-state index in [2.05, 4.69) is 23.3 Å². The molecule has 0 amide bonds. The van der Waals surface area contributed by atoms with E-state index in [1.807, 2.05) is 30.3 Å². The third-order valence-corrected chi connectivity index (χ3v) is 3.86. The number of nitrogen functional groups attached to an aromatic ring is 1. The highest BCUT2D eigenvalue weighted by molar-refractivity contribution is 7.99. The maximum atomic E-state index is 5.91. The van der Waals surface area contributed by atoms with Gasteiger partial charge in [0.2, 0.25) is 0 Å². The maximum Gasteiger partial charge on any atom is 0.0538 e. The topological polar surface area (TPSA) is 64.4 Å². The summed E-state index contributed by atoms with van der Waals surface area (Å²) in [5, 5.41) is 3.50. The van der Waals surface area contributed by atoms with Crippen molar-refractivity contribution in [1.29, 1.82) is 0 Å². The highest BCUT2D eigenvalue weighted by atomic mass is 32.2. The zero-order valence-electron chi connectivity index (χ0n) is 10.6. The average molecular weight is 271 g/mol. The maximum absolute atomic E-state index is 5.91. The van der Waals surface area contributed by atoms with Crippen molar-refractivity contribution >= 4 is 23.7 Å². The molecule has 0 aliphatic carbocycles. The zero-order chi connectivity index (χ0) is 13.5. The third kappa shape index (κ3) is 4.03. The van der Waals surface area contributed by atoms with Gasteiger partial charge in [-0.2, -0.15) is 5.10 Å². The van der Waals surface area contributed by atoms with E-state index in [4.69, 9.17) is 11.6 Å². The minimum absolute atomic E-state index is 0.849. The Morgan fingerprint density at radius 3 is 2.47 bits per heavy atom. The Hall–Kier alpha value is -1.94. The molecule has 0 saturated carbocycles. The molecule has 0 spiro atoms. The normalized spacial score (nSPS) is 10.9. The first-order valence-electron chi connectivity index (χ1n) is 6.09. The molecule has 0 atom stereocenters. The highest BCUT2D eigenvalue weighted by Crippen LogP contribution is 2.24. The van der Waals surface area contributed by atoms with Crippen LogP contribution >= 0.6 is 11.8 Å². The standard InChI is InChI=1S/C15H17N3S/c16-14-3-1-2-4-15(14)19-10-9-12-5-7-13(8-6-12)11-18-17/h1-8,11H,9-10,16-17H2. The SMILES string of the molecule is NN=Cc1ccc(CCSc2ccccc2N)cc1. The molecule has 98 valence electrons. The van der Waals surface area contributed by atoms with Gasteiger partial charge in [-0.25, -0.2) is 0 Å². The van der Waals surface area contributed by atoms with Crippen molar-refractivity contribution < 1.29 is 0 Å². The second-order valence-corrected chi connectivity index (χ2v) is 5.29. The molecule has 0 aromatic heterocycles. The summed E-state index contributed by atoms with van der Waals surface area (Å²) in [4.78, 5) is 1.15. The summed E-state index contributed by atoms with van der Waals surface area (Å²) < 4.78 is 0. The number of aryl methyl sites for hydroxylation is 1. The largest absolute Gasteiger partial charge is 0.398 e. The summed E-state index contributed by atoms with van der Waals surface area (Å²) >= 11 is 1.79.